The molecule has 0 saturated carbocycles. The Morgan fingerprint density at radius 1 is 1.17 bits per heavy atom. The van der Waals surface area contributed by atoms with Crippen molar-refractivity contribution in [2.24, 2.45) is 0 Å². The first-order valence-corrected chi connectivity index (χ1v) is 9.70. The second-order valence-corrected chi connectivity index (χ2v) is 6.84. The predicted molar refractivity (Wildman–Crippen MR) is 108 cm³/mol. The Bertz CT molecular complexity index is 904. The van der Waals surface area contributed by atoms with Crippen molar-refractivity contribution in [3.63, 3.8) is 0 Å². The minimum atomic E-state index is -0.501. The maximum Gasteiger partial charge on any atom is 0.337 e. The maximum atomic E-state index is 12.2. The number of rotatable bonds is 5. The molecule has 0 aliphatic carbocycles. The van der Waals surface area contributed by atoms with Gasteiger partial charge >= 0.3 is 5.97 Å². The molecule has 0 atom stereocenters. The number of amides is 2. The predicted octanol–water partition coefficient (Wildman–Crippen LogP) is 1.24. The highest BCUT2D eigenvalue weighted by atomic mass is 32.1. The molecule has 3 rings (SSSR count). The van der Waals surface area contributed by atoms with Crippen LogP contribution in [0.2, 0.25) is 0 Å². The number of nitrogens with zero attached hydrogens (tertiary/aromatic N) is 2. The third-order valence-corrected chi connectivity index (χ3v) is 4.97. The van der Waals surface area contributed by atoms with Crippen LogP contribution in [-0.2, 0) is 14.3 Å². The quantitative estimate of drug-likeness (QED) is 0.429. The molecule has 1 aliphatic rings. The van der Waals surface area contributed by atoms with Crippen LogP contribution in [0.1, 0.15) is 26.4 Å². The number of hydrogen-bond acceptors (Lipinski definition) is 8. The van der Waals surface area contributed by atoms with Gasteiger partial charge in [-0.2, -0.15) is 0 Å². The number of ether oxygens (including phenoxy) is 2. The molecule has 152 valence electrons. The van der Waals surface area contributed by atoms with Crippen LogP contribution in [0.25, 0.3) is 6.08 Å². The number of hydrogen-bond donors (Lipinski definition) is 2. The largest absolute Gasteiger partial charge is 0.465 e. The van der Waals surface area contributed by atoms with Crippen LogP contribution in [-0.4, -0.2) is 56.2 Å². The van der Waals surface area contributed by atoms with E-state index >= 15 is 0 Å². The first kappa shape index (κ1) is 20.5. The van der Waals surface area contributed by atoms with Gasteiger partial charge in [-0.25, -0.2) is 9.78 Å². The van der Waals surface area contributed by atoms with Crippen LogP contribution in [0.15, 0.2) is 35.7 Å². The van der Waals surface area contributed by atoms with Crippen molar-refractivity contribution < 1.29 is 23.9 Å². The van der Waals surface area contributed by atoms with E-state index in [-0.39, 0.29) is 5.69 Å². The summed E-state index contributed by atoms with van der Waals surface area (Å²) in [5, 5.41) is 2.39. The number of methoxy groups -OCH3 is 1. The first-order chi connectivity index (χ1) is 14.1. The SMILES string of the molecule is COC(=O)c1ccc(/C=C/C(=O)NNC(=O)c2csc(N3CCOCC3)n2)cc1. The van der Waals surface area contributed by atoms with Crippen LogP contribution in [0.4, 0.5) is 5.13 Å². The Labute approximate surface area is 171 Å². The van der Waals surface area contributed by atoms with Gasteiger partial charge in [0, 0.05) is 24.5 Å². The number of esters is 1. The summed E-state index contributed by atoms with van der Waals surface area (Å²) in [7, 11) is 1.31. The zero-order valence-electron chi connectivity index (χ0n) is 15.7. The number of anilines is 1. The van der Waals surface area contributed by atoms with E-state index in [1.807, 2.05) is 0 Å². The molecule has 2 amide bonds. The first-order valence-electron chi connectivity index (χ1n) is 8.82. The van der Waals surface area contributed by atoms with Crippen LogP contribution < -0.4 is 15.8 Å². The molecule has 10 heteroatoms. The van der Waals surface area contributed by atoms with E-state index in [4.69, 9.17) is 4.74 Å². The molecular weight excluding hydrogens is 396 g/mol. The van der Waals surface area contributed by atoms with Gasteiger partial charge in [-0.15, -0.1) is 11.3 Å². The van der Waals surface area contributed by atoms with Crippen molar-refractivity contribution in [1.29, 1.82) is 0 Å². The van der Waals surface area contributed by atoms with E-state index in [0.717, 1.165) is 18.2 Å². The molecule has 1 saturated heterocycles. The number of benzene rings is 1. The average molecular weight is 416 g/mol. The summed E-state index contributed by atoms with van der Waals surface area (Å²) in [6.45, 7) is 2.73. The zero-order valence-corrected chi connectivity index (χ0v) is 16.5. The van der Waals surface area contributed by atoms with Gasteiger partial charge in [0.1, 0.15) is 5.69 Å². The Kier molecular flexibility index (Phi) is 6.93. The van der Waals surface area contributed by atoms with E-state index in [0.29, 0.717) is 24.3 Å². The molecule has 0 bridgehead atoms. The molecule has 1 aromatic heterocycles. The lowest BCUT2D eigenvalue weighted by Crippen LogP contribution is -2.41. The molecular formula is C19H20N4O5S. The molecule has 0 radical (unpaired) electrons. The highest BCUT2D eigenvalue weighted by molar-refractivity contribution is 7.13. The Morgan fingerprint density at radius 3 is 2.59 bits per heavy atom. The van der Waals surface area contributed by atoms with Gasteiger partial charge in [0.05, 0.1) is 25.9 Å². The van der Waals surface area contributed by atoms with Gasteiger partial charge in [0.25, 0.3) is 11.8 Å². The Hall–Kier alpha value is -3.24. The molecule has 1 aromatic carbocycles. The van der Waals surface area contributed by atoms with E-state index < -0.39 is 17.8 Å². The van der Waals surface area contributed by atoms with E-state index in [1.165, 1.54) is 24.5 Å². The fourth-order valence-corrected chi connectivity index (χ4v) is 3.37. The van der Waals surface area contributed by atoms with E-state index in [2.05, 4.69) is 25.5 Å². The highest BCUT2D eigenvalue weighted by Gasteiger charge is 2.17. The van der Waals surface area contributed by atoms with Crippen molar-refractivity contribution in [3.8, 4) is 0 Å². The maximum absolute atomic E-state index is 12.2. The monoisotopic (exact) mass is 416 g/mol. The van der Waals surface area contributed by atoms with Gasteiger partial charge < -0.3 is 14.4 Å². The molecule has 9 nitrogen and oxygen atoms in total. The van der Waals surface area contributed by atoms with Gasteiger partial charge in [-0.1, -0.05) is 12.1 Å². The van der Waals surface area contributed by atoms with E-state index in [9.17, 15) is 14.4 Å². The molecule has 2 heterocycles. The number of hydrazine groups is 1. The topological polar surface area (TPSA) is 110 Å². The van der Waals surface area contributed by atoms with Gasteiger partial charge in [-0.05, 0) is 23.8 Å². The lowest BCUT2D eigenvalue weighted by molar-refractivity contribution is -0.117. The second kappa shape index (κ2) is 9.80. The normalized spacial score (nSPS) is 13.9. The van der Waals surface area contributed by atoms with Crippen molar-refractivity contribution >= 4 is 40.3 Å². The minimum Gasteiger partial charge on any atom is -0.465 e. The molecule has 1 fully saturated rings. The van der Waals surface area contributed by atoms with Crippen molar-refractivity contribution in [2.75, 3.05) is 38.3 Å². The van der Waals surface area contributed by atoms with E-state index in [1.54, 1.807) is 35.7 Å². The summed E-state index contributed by atoms with van der Waals surface area (Å²) in [4.78, 5) is 41.8. The van der Waals surface area contributed by atoms with Crippen molar-refractivity contribution in [2.45, 2.75) is 0 Å². The standard InChI is InChI=1S/C19H20N4O5S/c1-27-18(26)14-5-2-13(3-6-14)4-7-16(24)21-22-17(25)15-12-29-19(20-15)23-8-10-28-11-9-23/h2-7,12H,8-11H2,1H3,(H,21,24)(H,22,25)/b7-4+. The zero-order chi connectivity index (χ0) is 20.6. The average Bonchev–Trinajstić information content (AvgIpc) is 3.27. The molecule has 29 heavy (non-hydrogen) atoms. The molecule has 0 unspecified atom stereocenters. The fourth-order valence-electron chi connectivity index (χ4n) is 2.51. The van der Waals surface area contributed by atoms with Crippen molar-refractivity contribution in [3.05, 3.63) is 52.5 Å². The Morgan fingerprint density at radius 2 is 1.90 bits per heavy atom. The summed E-state index contributed by atoms with van der Waals surface area (Å²) in [6.07, 6.45) is 2.83. The third-order valence-electron chi connectivity index (χ3n) is 4.06. The summed E-state index contributed by atoms with van der Waals surface area (Å²) in [5.74, 6) is -1.43. The van der Waals surface area contributed by atoms with Crippen LogP contribution in [0, 0.1) is 0 Å². The summed E-state index contributed by atoms with van der Waals surface area (Å²) in [6, 6.07) is 6.55. The second-order valence-electron chi connectivity index (χ2n) is 6.01. The minimum absolute atomic E-state index is 0.235. The van der Waals surface area contributed by atoms with Crippen LogP contribution in [0.3, 0.4) is 0 Å². The molecule has 1 aliphatic heterocycles. The number of morpholine rings is 1. The Balaban J connectivity index is 1.48. The summed E-state index contributed by atoms with van der Waals surface area (Å²) >= 11 is 1.37. The number of nitrogens with one attached hydrogen (secondary N) is 2. The number of carbonyl (C=O) groups is 3. The van der Waals surface area contributed by atoms with Gasteiger partial charge in [-0.3, -0.25) is 20.4 Å². The lowest BCUT2D eigenvalue weighted by Gasteiger charge is -2.25. The number of thiazole rings is 1. The third kappa shape index (κ3) is 5.62. The molecule has 2 N–H and O–H groups in total. The smallest absolute Gasteiger partial charge is 0.337 e. The fraction of sp³-hybridized carbons (Fsp3) is 0.263. The van der Waals surface area contributed by atoms with Gasteiger partial charge in [0.15, 0.2) is 5.13 Å². The molecule has 2 aromatic rings. The highest BCUT2D eigenvalue weighted by Crippen LogP contribution is 2.21. The number of aromatic nitrogens is 1. The molecule has 0 spiro atoms. The number of carbonyl (C=O) groups excluding carboxylic acids is 3. The summed E-state index contributed by atoms with van der Waals surface area (Å²) in [5.41, 5.74) is 6.01. The van der Waals surface area contributed by atoms with Gasteiger partial charge in [0.2, 0.25) is 0 Å². The summed E-state index contributed by atoms with van der Waals surface area (Å²) < 4.78 is 9.93. The van der Waals surface area contributed by atoms with Crippen LogP contribution in [0.5, 0.6) is 0 Å². The lowest BCUT2D eigenvalue weighted by atomic mass is 10.1. The van der Waals surface area contributed by atoms with Crippen molar-refractivity contribution in [1.82, 2.24) is 15.8 Å². The van der Waals surface area contributed by atoms with Crippen LogP contribution >= 0.6 is 11.3 Å².